The van der Waals surface area contributed by atoms with Gasteiger partial charge in [-0.3, -0.25) is 9.59 Å². The summed E-state index contributed by atoms with van der Waals surface area (Å²) in [5.74, 6) is 0.662. The fraction of sp³-hybridized carbons (Fsp3) is 0.417. The van der Waals surface area contributed by atoms with Gasteiger partial charge in [-0.05, 0) is 55.9 Å². The Bertz CT molecular complexity index is 828. The van der Waals surface area contributed by atoms with E-state index >= 15 is 0 Å². The summed E-state index contributed by atoms with van der Waals surface area (Å²) in [6, 6.07) is 15.1. The first-order chi connectivity index (χ1) is 14.2. The number of ether oxygens (including phenoxy) is 1. The van der Waals surface area contributed by atoms with Crippen molar-refractivity contribution < 1.29 is 14.3 Å². The Morgan fingerprint density at radius 3 is 2.62 bits per heavy atom. The van der Waals surface area contributed by atoms with Gasteiger partial charge in [-0.2, -0.15) is 0 Å². The van der Waals surface area contributed by atoms with E-state index in [9.17, 15) is 9.59 Å². The van der Waals surface area contributed by atoms with Crippen molar-refractivity contribution in [3.05, 3.63) is 65.2 Å². The summed E-state index contributed by atoms with van der Waals surface area (Å²) in [5, 5.41) is 5.82. The van der Waals surface area contributed by atoms with Crippen LogP contribution in [0.15, 0.2) is 48.5 Å². The minimum Gasteiger partial charge on any atom is -0.490 e. The molecule has 0 aliphatic heterocycles. The number of hydrogen-bond donors (Lipinski definition) is 2. The molecule has 2 aromatic carbocycles. The zero-order valence-electron chi connectivity index (χ0n) is 17.1. The molecule has 0 aromatic heterocycles. The number of carbonyl (C=O) groups is 2. The lowest BCUT2D eigenvalue weighted by molar-refractivity contribution is -0.120. The highest BCUT2D eigenvalue weighted by atomic mass is 16.5. The largest absolute Gasteiger partial charge is 0.490 e. The fourth-order valence-corrected chi connectivity index (χ4v) is 3.55. The normalized spacial score (nSPS) is 13.8. The van der Waals surface area contributed by atoms with Crippen LogP contribution < -0.4 is 15.4 Å². The predicted molar refractivity (Wildman–Crippen MR) is 114 cm³/mol. The molecule has 2 amide bonds. The van der Waals surface area contributed by atoms with E-state index in [2.05, 4.69) is 10.6 Å². The molecule has 29 heavy (non-hydrogen) atoms. The summed E-state index contributed by atoms with van der Waals surface area (Å²) < 4.78 is 6.12. The van der Waals surface area contributed by atoms with Crippen LogP contribution in [0, 0.1) is 0 Å². The van der Waals surface area contributed by atoms with Gasteiger partial charge in [-0.15, -0.1) is 0 Å². The Labute approximate surface area is 172 Å². The smallest absolute Gasteiger partial charge is 0.251 e. The Balaban J connectivity index is 1.54. The first kappa shape index (κ1) is 20.9. The molecular weight excluding hydrogens is 364 g/mol. The van der Waals surface area contributed by atoms with Gasteiger partial charge in [0, 0.05) is 24.2 Å². The number of para-hydroxylation sites is 1. The molecule has 1 aliphatic carbocycles. The van der Waals surface area contributed by atoms with Crippen molar-refractivity contribution in [1.82, 2.24) is 10.6 Å². The molecule has 0 radical (unpaired) electrons. The second kappa shape index (κ2) is 10.6. The number of rotatable bonds is 9. The lowest BCUT2D eigenvalue weighted by Crippen LogP contribution is -2.26. The Hall–Kier alpha value is -2.82. The van der Waals surface area contributed by atoms with E-state index in [1.165, 1.54) is 12.8 Å². The maximum atomic E-state index is 12.5. The highest BCUT2D eigenvalue weighted by molar-refractivity contribution is 5.94. The Morgan fingerprint density at radius 1 is 1.03 bits per heavy atom. The number of benzene rings is 2. The van der Waals surface area contributed by atoms with Crippen LogP contribution in [-0.4, -0.2) is 24.5 Å². The van der Waals surface area contributed by atoms with Crippen LogP contribution in [0.3, 0.4) is 0 Å². The quantitative estimate of drug-likeness (QED) is 0.675. The summed E-state index contributed by atoms with van der Waals surface area (Å²) in [7, 11) is 0. The third kappa shape index (κ3) is 6.34. The minimum absolute atomic E-state index is 0.0618. The third-order valence-corrected chi connectivity index (χ3v) is 5.13. The Kier molecular flexibility index (Phi) is 7.68. The van der Waals surface area contributed by atoms with Crippen molar-refractivity contribution >= 4 is 11.8 Å². The number of amides is 2. The molecule has 0 heterocycles. The zero-order chi connectivity index (χ0) is 20.5. The first-order valence-electron chi connectivity index (χ1n) is 10.5. The van der Waals surface area contributed by atoms with Gasteiger partial charge in [0.15, 0.2) is 0 Å². The number of carbonyl (C=O) groups excluding carboxylic acids is 2. The van der Waals surface area contributed by atoms with E-state index in [1.807, 2.05) is 49.4 Å². The fourth-order valence-electron chi connectivity index (χ4n) is 3.55. The molecule has 1 fully saturated rings. The van der Waals surface area contributed by atoms with Gasteiger partial charge in [0.05, 0.1) is 12.5 Å². The maximum absolute atomic E-state index is 12.5. The average Bonchev–Trinajstić information content (AvgIpc) is 3.25. The molecule has 1 saturated carbocycles. The molecule has 5 nitrogen and oxygen atoms in total. The molecular formula is C24H30N2O3. The van der Waals surface area contributed by atoms with E-state index in [4.69, 9.17) is 4.74 Å². The van der Waals surface area contributed by atoms with Gasteiger partial charge in [0.1, 0.15) is 5.75 Å². The average molecular weight is 395 g/mol. The van der Waals surface area contributed by atoms with Crippen molar-refractivity contribution in [3.8, 4) is 5.75 Å². The summed E-state index contributed by atoms with van der Waals surface area (Å²) in [5.41, 5.74) is 2.42. The summed E-state index contributed by atoms with van der Waals surface area (Å²) in [6.07, 6.45) is 6.03. The standard InChI is InChI=1S/C24H30N2O3/c1-2-14-25-24(28)20-10-7-8-18(15-20)17-26-23(27)16-19-9-3-6-13-22(19)29-21-11-4-5-12-21/h3,6-10,13,15,21H,2,4-5,11-12,14,16-17H2,1H3,(H,25,28)(H,26,27). The van der Waals surface area contributed by atoms with E-state index in [0.717, 1.165) is 36.1 Å². The van der Waals surface area contributed by atoms with E-state index in [0.29, 0.717) is 18.7 Å². The zero-order valence-corrected chi connectivity index (χ0v) is 17.1. The van der Waals surface area contributed by atoms with Crippen molar-refractivity contribution in [2.24, 2.45) is 0 Å². The van der Waals surface area contributed by atoms with Crippen molar-refractivity contribution in [1.29, 1.82) is 0 Å². The highest BCUT2D eigenvalue weighted by Gasteiger charge is 2.18. The van der Waals surface area contributed by atoms with E-state index < -0.39 is 0 Å². The second-order valence-electron chi connectivity index (χ2n) is 7.54. The molecule has 154 valence electrons. The molecule has 0 spiro atoms. The topological polar surface area (TPSA) is 67.4 Å². The van der Waals surface area contributed by atoms with Crippen molar-refractivity contribution in [3.63, 3.8) is 0 Å². The van der Waals surface area contributed by atoms with Crippen LogP contribution in [0.1, 0.15) is 60.5 Å². The van der Waals surface area contributed by atoms with Crippen molar-refractivity contribution in [2.45, 2.75) is 58.1 Å². The molecule has 3 rings (SSSR count). The van der Waals surface area contributed by atoms with Gasteiger partial charge in [-0.1, -0.05) is 37.3 Å². The number of nitrogens with one attached hydrogen (secondary N) is 2. The predicted octanol–water partition coefficient (Wildman–Crippen LogP) is 4.01. The van der Waals surface area contributed by atoms with E-state index in [1.54, 1.807) is 6.07 Å². The van der Waals surface area contributed by atoms with Gasteiger partial charge >= 0.3 is 0 Å². The second-order valence-corrected chi connectivity index (χ2v) is 7.54. The monoisotopic (exact) mass is 394 g/mol. The van der Waals surface area contributed by atoms with E-state index in [-0.39, 0.29) is 24.3 Å². The van der Waals surface area contributed by atoms with Gasteiger partial charge in [-0.25, -0.2) is 0 Å². The first-order valence-corrected chi connectivity index (χ1v) is 10.5. The maximum Gasteiger partial charge on any atom is 0.251 e. The molecule has 0 atom stereocenters. The van der Waals surface area contributed by atoms with Crippen LogP contribution in [0.25, 0.3) is 0 Å². The van der Waals surface area contributed by atoms with Gasteiger partial charge in [0.25, 0.3) is 5.91 Å². The Morgan fingerprint density at radius 2 is 1.83 bits per heavy atom. The molecule has 0 saturated heterocycles. The molecule has 0 bridgehead atoms. The minimum atomic E-state index is -0.0852. The molecule has 2 N–H and O–H groups in total. The summed E-state index contributed by atoms with van der Waals surface area (Å²) in [4.78, 5) is 24.6. The van der Waals surface area contributed by atoms with Crippen LogP contribution in [0.2, 0.25) is 0 Å². The third-order valence-electron chi connectivity index (χ3n) is 5.13. The lowest BCUT2D eigenvalue weighted by Gasteiger charge is -2.16. The molecule has 0 unspecified atom stereocenters. The highest BCUT2D eigenvalue weighted by Crippen LogP contribution is 2.26. The molecule has 5 heteroatoms. The van der Waals surface area contributed by atoms with Crippen LogP contribution >= 0.6 is 0 Å². The van der Waals surface area contributed by atoms with Crippen LogP contribution in [0.4, 0.5) is 0 Å². The number of hydrogen-bond acceptors (Lipinski definition) is 3. The van der Waals surface area contributed by atoms with Crippen LogP contribution in [-0.2, 0) is 17.8 Å². The SMILES string of the molecule is CCCNC(=O)c1cccc(CNC(=O)Cc2ccccc2OC2CCCC2)c1. The molecule has 2 aromatic rings. The summed E-state index contributed by atoms with van der Waals surface area (Å²) >= 11 is 0. The lowest BCUT2D eigenvalue weighted by atomic mass is 10.1. The van der Waals surface area contributed by atoms with Crippen LogP contribution in [0.5, 0.6) is 5.75 Å². The summed E-state index contributed by atoms with van der Waals surface area (Å²) in [6.45, 7) is 3.06. The van der Waals surface area contributed by atoms with Crippen molar-refractivity contribution in [2.75, 3.05) is 6.54 Å². The van der Waals surface area contributed by atoms with Gasteiger partial charge < -0.3 is 15.4 Å². The molecule has 1 aliphatic rings. The van der Waals surface area contributed by atoms with Gasteiger partial charge in [0.2, 0.25) is 5.91 Å².